The number of pyridine rings is 1. The van der Waals surface area contributed by atoms with Crippen molar-refractivity contribution < 1.29 is 0 Å². The van der Waals surface area contributed by atoms with E-state index in [4.69, 9.17) is 44.2 Å². The second kappa shape index (κ2) is 13.1. The third kappa shape index (κ3) is 5.51. The van der Waals surface area contributed by atoms with Crippen LogP contribution < -0.4 is 0 Å². The van der Waals surface area contributed by atoms with E-state index in [-0.39, 0.29) is 5.82 Å². The van der Waals surface area contributed by atoms with Crippen LogP contribution in [0.2, 0.25) is 5.11 Å². The summed E-state index contributed by atoms with van der Waals surface area (Å²) in [4.78, 5) is 9.06. The van der Waals surface area contributed by atoms with Crippen LogP contribution in [0.15, 0.2) is 170 Å². The lowest BCUT2D eigenvalue weighted by Crippen LogP contribution is -2.45. The molecule has 3 nitrogen and oxygen atoms in total. The van der Waals surface area contributed by atoms with Crippen molar-refractivity contribution in [3.63, 3.8) is 0 Å². The van der Waals surface area contributed by atoms with Gasteiger partial charge in [0.05, 0.1) is 56.0 Å². The molecule has 10 radical (unpaired) electrons. The SMILES string of the molecule is [B]C([B])([B])C([B])([B])c1nc2ccccc2n1-c1ccccc1-c1ccc(-c2c3ccccc3c(-c3ccccc3-c3ccncc3)c3ccccc23)cc1. The zero-order valence-corrected chi connectivity index (χ0v) is 29.4. The van der Waals surface area contributed by atoms with Gasteiger partial charge < -0.3 is 0 Å². The third-order valence-corrected chi connectivity index (χ3v) is 10.4. The lowest BCUT2D eigenvalue weighted by molar-refractivity contribution is 0.757. The largest absolute Gasteiger partial charge is 0.296 e. The fraction of sp³-hybridized carbons (Fsp3) is 0.0435. The van der Waals surface area contributed by atoms with Crippen LogP contribution in [0.3, 0.4) is 0 Å². The first-order chi connectivity index (χ1) is 26.2. The Bertz CT molecular complexity index is 2780. The Hall–Kier alpha value is -6.00. The molecule has 0 atom stereocenters. The first-order valence-corrected chi connectivity index (χ1v) is 17.8. The molecule has 0 bridgehead atoms. The van der Waals surface area contributed by atoms with Gasteiger partial charge in [0.1, 0.15) is 5.82 Å². The number of nitrogens with zero attached hydrogens (tertiary/aromatic N) is 3. The summed E-state index contributed by atoms with van der Waals surface area (Å²) < 4.78 is 1.91. The molecule has 0 unspecified atom stereocenters. The van der Waals surface area contributed by atoms with Crippen LogP contribution in [-0.2, 0) is 5.21 Å². The van der Waals surface area contributed by atoms with Gasteiger partial charge in [0.15, 0.2) is 0 Å². The lowest BCUT2D eigenvalue weighted by Gasteiger charge is -2.41. The minimum atomic E-state index is -1.95. The summed E-state index contributed by atoms with van der Waals surface area (Å²) >= 11 is 0. The van der Waals surface area contributed by atoms with Crippen LogP contribution in [0.1, 0.15) is 5.82 Å². The number of aromatic nitrogens is 3. The molecule has 0 saturated heterocycles. The highest BCUT2D eigenvalue weighted by atomic mass is 15.1. The molecule has 54 heavy (non-hydrogen) atoms. The van der Waals surface area contributed by atoms with Gasteiger partial charge in [-0.1, -0.05) is 133 Å². The topological polar surface area (TPSA) is 30.7 Å². The molecule has 0 N–H and O–H groups in total. The van der Waals surface area contributed by atoms with Gasteiger partial charge in [0, 0.05) is 18.0 Å². The van der Waals surface area contributed by atoms with E-state index >= 15 is 0 Å². The van der Waals surface area contributed by atoms with E-state index in [2.05, 4.69) is 120 Å². The smallest absolute Gasteiger partial charge is 0.101 e. The number of fused-ring (bicyclic) bond motifs is 3. The summed E-state index contributed by atoms with van der Waals surface area (Å²) in [5.74, 6) is 0.254. The summed E-state index contributed by atoms with van der Waals surface area (Å²) in [5, 5.41) is 0.902. The van der Waals surface area contributed by atoms with Crippen molar-refractivity contribution in [2.75, 3.05) is 0 Å². The van der Waals surface area contributed by atoms with Crippen LogP contribution >= 0.6 is 0 Å². The zero-order valence-electron chi connectivity index (χ0n) is 29.4. The highest BCUT2D eigenvalue weighted by molar-refractivity contribution is 6.67. The van der Waals surface area contributed by atoms with Crippen LogP contribution in [0.25, 0.3) is 82.8 Å². The number of hydrogen-bond acceptors (Lipinski definition) is 2. The van der Waals surface area contributed by atoms with Crippen LogP contribution in [0.5, 0.6) is 0 Å². The van der Waals surface area contributed by atoms with Crippen LogP contribution in [0, 0.1) is 0 Å². The standard InChI is InChI=1S/C46H28B5N3/c47-45(48,46(49,50)51)44-53-39-18-8-10-20-41(39)54(44)40-19-9-7-12-33(40)29-21-23-31(24-22-29)42-35-14-3-5-16-37(35)43(38-17-6-4-15-36(38)42)34-13-2-1-11-32(34)30-25-27-52-28-26-30/h1-28H. The maximum atomic E-state index is 6.58. The number of para-hydroxylation sites is 3. The van der Waals surface area contributed by atoms with Gasteiger partial charge in [-0.3, -0.25) is 9.55 Å². The Morgan fingerprint density at radius 1 is 0.426 bits per heavy atom. The molecular weight excluding hydrogens is 649 g/mol. The lowest BCUT2D eigenvalue weighted by atomic mass is 9.23. The van der Waals surface area contributed by atoms with Crippen molar-refractivity contribution in [3.05, 3.63) is 176 Å². The van der Waals surface area contributed by atoms with Crippen molar-refractivity contribution in [1.82, 2.24) is 14.5 Å². The van der Waals surface area contributed by atoms with Crippen molar-refractivity contribution in [2.24, 2.45) is 0 Å². The summed E-state index contributed by atoms with van der Waals surface area (Å²) in [6.07, 6.45) is 3.69. The first kappa shape index (κ1) is 33.8. The fourth-order valence-corrected chi connectivity index (χ4v) is 7.68. The summed E-state index contributed by atoms with van der Waals surface area (Å²) in [7, 11) is 31.6. The Kier molecular flexibility index (Phi) is 8.23. The van der Waals surface area contributed by atoms with Crippen molar-refractivity contribution in [2.45, 2.75) is 10.3 Å². The summed E-state index contributed by atoms with van der Waals surface area (Å²) in [6.45, 7) is 0. The molecule has 242 valence electrons. The van der Waals surface area contributed by atoms with Gasteiger partial charge in [-0.05, 0) is 90.8 Å². The molecule has 2 heterocycles. The van der Waals surface area contributed by atoms with E-state index in [1.807, 2.05) is 59.4 Å². The number of rotatable bonds is 7. The molecule has 8 heteroatoms. The first-order valence-electron chi connectivity index (χ1n) is 17.8. The second-order valence-corrected chi connectivity index (χ2v) is 13.8. The van der Waals surface area contributed by atoms with Gasteiger partial charge in [0.2, 0.25) is 0 Å². The highest BCUT2D eigenvalue weighted by Crippen LogP contribution is 2.46. The van der Waals surface area contributed by atoms with Crippen molar-refractivity contribution >= 4 is 71.8 Å². The van der Waals surface area contributed by atoms with E-state index in [0.29, 0.717) is 5.52 Å². The molecule has 9 rings (SSSR count). The molecule has 0 saturated carbocycles. The third-order valence-electron chi connectivity index (χ3n) is 10.4. The van der Waals surface area contributed by atoms with E-state index in [0.717, 1.165) is 39.0 Å². The highest BCUT2D eigenvalue weighted by Gasteiger charge is 2.37. The van der Waals surface area contributed by atoms with Gasteiger partial charge in [-0.15, -0.1) is 5.11 Å². The molecule has 0 fully saturated rings. The van der Waals surface area contributed by atoms with E-state index < -0.39 is 10.3 Å². The van der Waals surface area contributed by atoms with Gasteiger partial charge in [-0.25, -0.2) is 4.98 Å². The molecule has 9 aromatic rings. The maximum absolute atomic E-state index is 6.58. The quantitative estimate of drug-likeness (QED) is 0.124. The minimum Gasteiger partial charge on any atom is -0.296 e. The van der Waals surface area contributed by atoms with Gasteiger partial charge >= 0.3 is 0 Å². The van der Waals surface area contributed by atoms with E-state index in [1.54, 1.807) is 0 Å². The van der Waals surface area contributed by atoms with Crippen LogP contribution in [0.4, 0.5) is 0 Å². The number of benzene rings is 7. The summed E-state index contributed by atoms with van der Waals surface area (Å²) in [6, 6.07) is 54.6. The molecule has 0 amide bonds. The Balaban J connectivity index is 1.22. The molecular formula is C46H28B5N3. The molecule has 0 aliphatic rings. The number of hydrogen-bond donors (Lipinski definition) is 0. The molecule has 0 aliphatic heterocycles. The van der Waals surface area contributed by atoms with Gasteiger partial charge in [0.25, 0.3) is 0 Å². The minimum absolute atomic E-state index is 0.254. The maximum Gasteiger partial charge on any atom is 0.101 e. The predicted octanol–water partition coefficient (Wildman–Crippen LogP) is 9.46. The molecule has 2 aromatic heterocycles. The zero-order chi connectivity index (χ0) is 37.0. The average molecular weight is 677 g/mol. The Labute approximate surface area is 321 Å². The van der Waals surface area contributed by atoms with E-state index in [9.17, 15) is 0 Å². The molecule has 0 aliphatic carbocycles. The predicted molar refractivity (Wildman–Crippen MR) is 229 cm³/mol. The van der Waals surface area contributed by atoms with E-state index in [1.165, 1.54) is 38.2 Å². The molecule has 7 aromatic carbocycles. The number of imidazole rings is 1. The van der Waals surface area contributed by atoms with Crippen molar-refractivity contribution in [1.29, 1.82) is 0 Å². The Morgan fingerprint density at radius 2 is 0.907 bits per heavy atom. The summed E-state index contributed by atoms with van der Waals surface area (Å²) in [5.41, 5.74) is 11.2. The van der Waals surface area contributed by atoms with Crippen molar-refractivity contribution in [3.8, 4) is 50.2 Å². The normalized spacial score (nSPS) is 12.1. The van der Waals surface area contributed by atoms with Gasteiger partial charge in [-0.2, -0.15) is 0 Å². The average Bonchev–Trinajstić information content (AvgIpc) is 3.60. The molecule has 0 spiro atoms. The monoisotopic (exact) mass is 677 g/mol. The van der Waals surface area contributed by atoms with Crippen LogP contribution in [-0.4, -0.2) is 53.8 Å². The fourth-order valence-electron chi connectivity index (χ4n) is 7.68. The second-order valence-electron chi connectivity index (χ2n) is 13.8. The Morgan fingerprint density at radius 3 is 1.54 bits per heavy atom.